The van der Waals surface area contributed by atoms with Gasteiger partial charge in [0, 0.05) is 11.1 Å². The molecular weight excluding hydrogens is 170 g/mol. The van der Waals surface area contributed by atoms with Gasteiger partial charge in [-0.1, -0.05) is 25.1 Å². The highest BCUT2D eigenvalue weighted by Crippen LogP contribution is 2.22. The molecule has 0 unspecified atom stereocenters. The third-order valence-electron chi connectivity index (χ3n) is 2.87. The predicted molar refractivity (Wildman–Crippen MR) is 60.6 cm³/mol. The summed E-state index contributed by atoms with van der Waals surface area (Å²) in [4.78, 5) is 4.58. The minimum Gasteiger partial charge on any atom is -0.253 e. The van der Waals surface area contributed by atoms with Crippen molar-refractivity contribution in [2.45, 2.75) is 27.2 Å². The van der Waals surface area contributed by atoms with Gasteiger partial charge in [0.05, 0.1) is 5.52 Å². The molecule has 0 fully saturated rings. The summed E-state index contributed by atoms with van der Waals surface area (Å²) in [6.45, 7) is 6.45. The van der Waals surface area contributed by atoms with Gasteiger partial charge in [-0.05, 0) is 37.5 Å². The Morgan fingerprint density at radius 3 is 2.57 bits per heavy atom. The molecule has 2 rings (SSSR count). The van der Waals surface area contributed by atoms with Gasteiger partial charge in [-0.15, -0.1) is 0 Å². The molecule has 0 amide bonds. The Hall–Kier alpha value is -1.37. The molecule has 1 heterocycles. The summed E-state index contributed by atoms with van der Waals surface area (Å²) < 4.78 is 0. The third kappa shape index (κ3) is 1.29. The minimum absolute atomic E-state index is 1.08. The minimum atomic E-state index is 1.08. The van der Waals surface area contributed by atoms with E-state index in [4.69, 9.17) is 0 Å². The Balaban J connectivity index is 2.89. The van der Waals surface area contributed by atoms with Crippen molar-refractivity contribution in [1.29, 1.82) is 0 Å². The van der Waals surface area contributed by atoms with Crippen LogP contribution in [0.5, 0.6) is 0 Å². The second-order valence-electron chi connectivity index (χ2n) is 3.67. The number of aryl methyl sites for hydroxylation is 2. The molecule has 14 heavy (non-hydrogen) atoms. The van der Waals surface area contributed by atoms with Crippen LogP contribution in [0.25, 0.3) is 10.9 Å². The van der Waals surface area contributed by atoms with Crippen LogP contribution >= 0.6 is 0 Å². The van der Waals surface area contributed by atoms with Crippen LogP contribution in [0.2, 0.25) is 0 Å². The van der Waals surface area contributed by atoms with Crippen LogP contribution in [0.1, 0.15) is 23.7 Å². The van der Waals surface area contributed by atoms with Gasteiger partial charge in [-0.3, -0.25) is 4.98 Å². The van der Waals surface area contributed by atoms with E-state index in [-0.39, 0.29) is 0 Å². The zero-order valence-corrected chi connectivity index (χ0v) is 8.96. The lowest BCUT2D eigenvalue weighted by Gasteiger charge is -2.10. The summed E-state index contributed by atoms with van der Waals surface area (Å²) in [5.74, 6) is 0. The summed E-state index contributed by atoms with van der Waals surface area (Å²) in [6, 6.07) is 8.37. The number of rotatable bonds is 1. The van der Waals surface area contributed by atoms with Gasteiger partial charge in [0.1, 0.15) is 0 Å². The fraction of sp³-hybridized carbons (Fsp3) is 0.308. The van der Waals surface area contributed by atoms with Gasteiger partial charge in [-0.2, -0.15) is 0 Å². The van der Waals surface area contributed by atoms with Crippen LogP contribution in [-0.4, -0.2) is 4.98 Å². The maximum Gasteiger partial charge on any atom is 0.0708 e. The molecular formula is C13H15N. The maximum atomic E-state index is 4.58. The van der Waals surface area contributed by atoms with E-state index in [1.165, 1.54) is 16.5 Å². The second-order valence-corrected chi connectivity index (χ2v) is 3.67. The fourth-order valence-corrected chi connectivity index (χ4v) is 1.97. The van der Waals surface area contributed by atoms with E-state index >= 15 is 0 Å². The lowest BCUT2D eigenvalue weighted by molar-refractivity contribution is 1.08. The molecule has 1 aromatic carbocycles. The lowest BCUT2D eigenvalue weighted by atomic mass is 10.00. The standard InChI is InChI=1S/C13H15N/c1-4-11-9(2)10(3)14-13-8-6-5-7-12(11)13/h5-8H,4H2,1-3H3. The number of aromatic nitrogens is 1. The highest BCUT2D eigenvalue weighted by atomic mass is 14.7. The molecule has 0 N–H and O–H groups in total. The van der Waals surface area contributed by atoms with Crippen molar-refractivity contribution in [2.75, 3.05) is 0 Å². The zero-order valence-electron chi connectivity index (χ0n) is 8.96. The average Bonchev–Trinajstić information content (AvgIpc) is 2.20. The zero-order chi connectivity index (χ0) is 10.1. The summed E-state index contributed by atoms with van der Waals surface area (Å²) in [6.07, 6.45) is 1.08. The van der Waals surface area contributed by atoms with Gasteiger partial charge in [0.25, 0.3) is 0 Å². The van der Waals surface area contributed by atoms with Gasteiger partial charge in [0.2, 0.25) is 0 Å². The van der Waals surface area contributed by atoms with Crippen molar-refractivity contribution in [3.63, 3.8) is 0 Å². The monoisotopic (exact) mass is 185 g/mol. The Labute approximate surface area is 84.8 Å². The molecule has 0 saturated carbocycles. The topological polar surface area (TPSA) is 12.9 Å². The molecule has 1 aromatic heterocycles. The van der Waals surface area contributed by atoms with Crippen molar-refractivity contribution in [1.82, 2.24) is 4.98 Å². The first-order valence-corrected chi connectivity index (χ1v) is 5.09. The summed E-state index contributed by atoms with van der Waals surface area (Å²) in [5, 5.41) is 1.30. The van der Waals surface area contributed by atoms with E-state index in [0.29, 0.717) is 0 Å². The van der Waals surface area contributed by atoms with Crippen molar-refractivity contribution in [2.24, 2.45) is 0 Å². The number of fused-ring (bicyclic) bond motifs is 1. The molecule has 0 aliphatic carbocycles. The molecule has 1 heteroatoms. The molecule has 0 radical (unpaired) electrons. The molecule has 2 aromatic rings. The Bertz CT molecular complexity index is 472. The lowest BCUT2D eigenvalue weighted by Crippen LogP contribution is -1.96. The van der Waals surface area contributed by atoms with Crippen LogP contribution in [0.3, 0.4) is 0 Å². The van der Waals surface area contributed by atoms with E-state index in [1.807, 2.05) is 6.07 Å². The van der Waals surface area contributed by atoms with E-state index in [2.05, 4.69) is 44.0 Å². The van der Waals surface area contributed by atoms with Crippen molar-refractivity contribution >= 4 is 10.9 Å². The fourth-order valence-electron chi connectivity index (χ4n) is 1.97. The summed E-state index contributed by atoms with van der Waals surface area (Å²) in [5.41, 5.74) is 5.05. The molecule has 0 aliphatic rings. The highest BCUT2D eigenvalue weighted by molar-refractivity contribution is 5.83. The van der Waals surface area contributed by atoms with Crippen LogP contribution in [-0.2, 0) is 6.42 Å². The number of pyridine rings is 1. The van der Waals surface area contributed by atoms with Gasteiger partial charge >= 0.3 is 0 Å². The van der Waals surface area contributed by atoms with Crippen LogP contribution < -0.4 is 0 Å². The van der Waals surface area contributed by atoms with Gasteiger partial charge < -0.3 is 0 Å². The normalized spacial score (nSPS) is 10.8. The molecule has 0 spiro atoms. The first kappa shape index (κ1) is 9.20. The van der Waals surface area contributed by atoms with E-state index in [1.54, 1.807) is 0 Å². The Morgan fingerprint density at radius 2 is 1.86 bits per heavy atom. The number of nitrogens with zero attached hydrogens (tertiary/aromatic N) is 1. The molecule has 0 aliphatic heterocycles. The summed E-state index contributed by atoms with van der Waals surface area (Å²) in [7, 11) is 0. The largest absolute Gasteiger partial charge is 0.253 e. The van der Waals surface area contributed by atoms with Gasteiger partial charge in [-0.25, -0.2) is 0 Å². The number of benzene rings is 1. The smallest absolute Gasteiger partial charge is 0.0708 e. The number of hydrogen-bond donors (Lipinski definition) is 0. The van der Waals surface area contributed by atoms with E-state index < -0.39 is 0 Å². The van der Waals surface area contributed by atoms with Crippen LogP contribution in [0.4, 0.5) is 0 Å². The van der Waals surface area contributed by atoms with E-state index in [9.17, 15) is 0 Å². The molecule has 72 valence electrons. The van der Waals surface area contributed by atoms with Crippen molar-refractivity contribution in [3.05, 3.63) is 41.1 Å². The molecule has 0 saturated heterocycles. The van der Waals surface area contributed by atoms with Crippen molar-refractivity contribution in [3.8, 4) is 0 Å². The second kappa shape index (κ2) is 3.41. The highest BCUT2D eigenvalue weighted by Gasteiger charge is 2.06. The molecule has 1 nitrogen and oxygen atoms in total. The SMILES string of the molecule is CCc1c(C)c(C)nc2ccccc12. The third-order valence-corrected chi connectivity index (χ3v) is 2.87. The van der Waals surface area contributed by atoms with Crippen LogP contribution in [0.15, 0.2) is 24.3 Å². The first-order chi connectivity index (χ1) is 6.74. The predicted octanol–water partition coefficient (Wildman–Crippen LogP) is 3.41. The Morgan fingerprint density at radius 1 is 1.14 bits per heavy atom. The molecule has 0 bridgehead atoms. The summed E-state index contributed by atoms with van der Waals surface area (Å²) >= 11 is 0. The maximum absolute atomic E-state index is 4.58. The van der Waals surface area contributed by atoms with Crippen molar-refractivity contribution < 1.29 is 0 Å². The quantitative estimate of drug-likeness (QED) is 0.663. The first-order valence-electron chi connectivity index (χ1n) is 5.09. The number of para-hydroxylation sites is 1. The Kier molecular flexibility index (Phi) is 2.24. The van der Waals surface area contributed by atoms with Gasteiger partial charge in [0.15, 0.2) is 0 Å². The van der Waals surface area contributed by atoms with E-state index in [0.717, 1.165) is 17.6 Å². The average molecular weight is 185 g/mol. The number of hydrogen-bond acceptors (Lipinski definition) is 1. The molecule has 0 atom stereocenters. The van der Waals surface area contributed by atoms with Crippen LogP contribution in [0, 0.1) is 13.8 Å².